The van der Waals surface area contributed by atoms with Crippen LogP contribution in [0.15, 0.2) is 67.9 Å². The van der Waals surface area contributed by atoms with Gasteiger partial charge in [0.15, 0.2) is 11.5 Å². The minimum atomic E-state index is -0.588. The Morgan fingerprint density at radius 1 is 1.10 bits per heavy atom. The molecule has 41 heavy (non-hydrogen) atoms. The Balaban J connectivity index is 1.15. The lowest BCUT2D eigenvalue weighted by atomic mass is 10.1. The molecule has 2 unspecified atom stereocenters. The smallest absolute Gasteiger partial charge is 0.246 e. The fourth-order valence-electron chi connectivity index (χ4n) is 5.57. The van der Waals surface area contributed by atoms with E-state index in [1.807, 2.05) is 17.0 Å². The first-order valence-electron chi connectivity index (χ1n) is 13.0. The largest absolute Gasteiger partial charge is 0.455 e. The van der Waals surface area contributed by atoms with Gasteiger partial charge in [-0.3, -0.25) is 4.79 Å². The second kappa shape index (κ2) is 9.97. The molecular formula is C28H23ClFN9O2. The van der Waals surface area contributed by atoms with Crippen molar-refractivity contribution in [2.24, 2.45) is 0 Å². The van der Waals surface area contributed by atoms with E-state index in [1.165, 1.54) is 30.9 Å². The molecule has 13 heteroatoms. The summed E-state index contributed by atoms with van der Waals surface area (Å²) >= 11 is 6.48. The highest BCUT2D eigenvalue weighted by atomic mass is 35.5. The maximum absolute atomic E-state index is 15.3. The summed E-state index contributed by atoms with van der Waals surface area (Å²) in [6, 6.07) is 9.99. The van der Waals surface area contributed by atoms with Crippen LogP contribution in [0.4, 0.5) is 21.7 Å². The lowest BCUT2D eigenvalue weighted by molar-refractivity contribution is -0.129. The molecule has 5 aromatic rings. The highest BCUT2D eigenvalue weighted by Gasteiger charge is 2.42. The Morgan fingerprint density at radius 2 is 1.93 bits per heavy atom. The standard InChI is InChI=1S/C28H23ClFN9O2/c1-2-26(40)39-16-3-4-17(39)13-37(12-16)24-6-5-21-27(36-24)28(33-14-31-21)35-22-10-19(29)23(11-20(22)30)41-18-7-8-38-25(9-18)32-15-34-38/h2,5-11,14-17H,1,3-4,12-13H2,(H,31,33,35). The zero-order valence-electron chi connectivity index (χ0n) is 21.6. The first kappa shape index (κ1) is 25.1. The van der Waals surface area contributed by atoms with Gasteiger partial charge in [-0.1, -0.05) is 18.2 Å². The van der Waals surface area contributed by atoms with Crippen molar-refractivity contribution in [3.8, 4) is 11.5 Å². The average molecular weight is 572 g/mol. The lowest BCUT2D eigenvalue weighted by Gasteiger charge is -2.41. The second-order valence-corrected chi connectivity index (χ2v) is 10.3. The Morgan fingerprint density at radius 3 is 2.73 bits per heavy atom. The van der Waals surface area contributed by atoms with Crippen molar-refractivity contribution in [2.75, 3.05) is 23.3 Å². The zero-order valence-corrected chi connectivity index (χ0v) is 22.4. The number of halogens is 2. The van der Waals surface area contributed by atoms with E-state index < -0.39 is 5.82 Å². The molecular weight excluding hydrogens is 549 g/mol. The van der Waals surface area contributed by atoms with Crippen LogP contribution in [0, 0.1) is 5.82 Å². The normalized spacial score (nSPS) is 18.2. The fourth-order valence-corrected chi connectivity index (χ4v) is 5.77. The van der Waals surface area contributed by atoms with Crippen molar-refractivity contribution < 1.29 is 13.9 Å². The topological polar surface area (TPSA) is 114 Å². The van der Waals surface area contributed by atoms with E-state index in [2.05, 4.69) is 36.8 Å². The van der Waals surface area contributed by atoms with E-state index in [4.69, 9.17) is 21.3 Å². The highest BCUT2D eigenvalue weighted by Crippen LogP contribution is 2.36. The van der Waals surface area contributed by atoms with Gasteiger partial charge in [-0.15, -0.1) is 0 Å². The van der Waals surface area contributed by atoms with Crippen LogP contribution in [0.1, 0.15) is 12.8 Å². The molecule has 2 aliphatic rings. The fraction of sp³-hybridized carbons (Fsp3) is 0.214. The van der Waals surface area contributed by atoms with Gasteiger partial charge in [0.1, 0.15) is 41.3 Å². The first-order valence-corrected chi connectivity index (χ1v) is 13.4. The number of piperazine rings is 1. The van der Waals surface area contributed by atoms with Crippen LogP contribution in [0.25, 0.3) is 16.7 Å². The molecule has 6 heterocycles. The van der Waals surface area contributed by atoms with Crippen LogP contribution in [-0.2, 0) is 4.79 Å². The van der Waals surface area contributed by atoms with Gasteiger partial charge < -0.3 is 19.9 Å². The van der Waals surface area contributed by atoms with Crippen molar-refractivity contribution in [2.45, 2.75) is 24.9 Å². The number of ether oxygens (including phenoxy) is 1. The minimum absolute atomic E-state index is 0.0306. The van der Waals surface area contributed by atoms with E-state index in [1.54, 1.807) is 22.8 Å². The van der Waals surface area contributed by atoms with Gasteiger partial charge in [0.2, 0.25) is 5.91 Å². The molecule has 0 aliphatic carbocycles. The number of fused-ring (bicyclic) bond motifs is 4. The summed E-state index contributed by atoms with van der Waals surface area (Å²) in [5, 5.41) is 7.27. The van der Waals surface area contributed by atoms with Crippen LogP contribution in [0.3, 0.4) is 0 Å². The van der Waals surface area contributed by atoms with E-state index >= 15 is 4.39 Å². The quantitative estimate of drug-likeness (QED) is 0.288. The van der Waals surface area contributed by atoms with Crippen LogP contribution >= 0.6 is 11.6 Å². The average Bonchev–Trinajstić information content (AvgIpc) is 3.56. The Kier molecular flexibility index (Phi) is 6.11. The Bertz CT molecular complexity index is 1820. The van der Waals surface area contributed by atoms with Crippen molar-refractivity contribution in [3.05, 3.63) is 78.7 Å². The summed E-state index contributed by atoms with van der Waals surface area (Å²) in [6.07, 6.45) is 7.77. The number of carbonyl (C=O) groups excluding carboxylic acids is 1. The molecule has 1 aromatic carbocycles. The number of nitrogens with zero attached hydrogens (tertiary/aromatic N) is 8. The number of pyridine rings is 2. The summed E-state index contributed by atoms with van der Waals surface area (Å²) in [4.78, 5) is 34.1. The minimum Gasteiger partial charge on any atom is -0.455 e. The molecule has 11 nitrogen and oxygen atoms in total. The van der Waals surface area contributed by atoms with Crippen LogP contribution < -0.4 is 15.0 Å². The van der Waals surface area contributed by atoms with E-state index in [0.717, 1.165) is 18.7 Å². The van der Waals surface area contributed by atoms with E-state index in [9.17, 15) is 4.79 Å². The van der Waals surface area contributed by atoms with Crippen molar-refractivity contribution in [3.63, 3.8) is 0 Å². The molecule has 2 saturated heterocycles. The first-order chi connectivity index (χ1) is 20.0. The number of anilines is 3. The summed E-state index contributed by atoms with van der Waals surface area (Å²) in [6.45, 7) is 4.98. The van der Waals surface area contributed by atoms with Gasteiger partial charge in [-0.2, -0.15) is 5.10 Å². The monoisotopic (exact) mass is 571 g/mol. The van der Waals surface area contributed by atoms with Gasteiger partial charge in [-0.25, -0.2) is 28.8 Å². The summed E-state index contributed by atoms with van der Waals surface area (Å²) in [7, 11) is 0. The molecule has 0 radical (unpaired) electrons. The van der Waals surface area contributed by atoms with Gasteiger partial charge in [0.25, 0.3) is 0 Å². The number of aromatic nitrogens is 6. The van der Waals surface area contributed by atoms with E-state index in [0.29, 0.717) is 41.3 Å². The molecule has 0 spiro atoms. The molecule has 1 N–H and O–H groups in total. The maximum Gasteiger partial charge on any atom is 0.246 e. The number of rotatable bonds is 6. The summed E-state index contributed by atoms with van der Waals surface area (Å²) in [5.41, 5.74) is 1.78. The molecule has 4 aromatic heterocycles. The van der Waals surface area contributed by atoms with Crippen molar-refractivity contribution in [1.29, 1.82) is 0 Å². The van der Waals surface area contributed by atoms with Crippen molar-refractivity contribution >= 4 is 51.5 Å². The zero-order chi connectivity index (χ0) is 28.1. The lowest BCUT2D eigenvalue weighted by Crippen LogP contribution is -2.55. The van der Waals surface area contributed by atoms with Crippen molar-refractivity contribution in [1.82, 2.24) is 34.4 Å². The van der Waals surface area contributed by atoms with Gasteiger partial charge in [-0.05, 0) is 43.2 Å². The number of hydrogen-bond acceptors (Lipinski definition) is 9. The number of nitrogens with one attached hydrogen (secondary N) is 1. The Labute approximate surface area is 238 Å². The predicted molar refractivity (Wildman–Crippen MR) is 151 cm³/mol. The molecule has 206 valence electrons. The van der Waals surface area contributed by atoms with Crippen LogP contribution in [0.5, 0.6) is 11.5 Å². The highest BCUT2D eigenvalue weighted by molar-refractivity contribution is 6.32. The summed E-state index contributed by atoms with van der Waals surface area (Å²) in [5.74, 6) is 1.04. The second-order valence-electron chi connectivity index (χ2n) is 9.91. The predicted octanol–water partition coefficient (Wildman–Crippen LogP) is 4.76. The SMILES string of the molecule is C=CC(=O)N1C2CCC1CN(c1ccc3ncnc(Nc4cc(Cl)c(Oc5ccn6ncnc6c5)cc4F)c3n1)C2. The number of amides is 1. The van der Waals surface area contributed by atoms with Crippen LogP contribution in [0.2, 0.25) is 5.02 Å². The maximum atomic E-state index is 15.3. The molecule has 1 amide bonds. The number of benzene rings is 1. The third-order valence-corrected chi connectivity index (χ3v) is 7.75. The molecule has 2 atom stereocenters. The third-order valence-electron chi connectivity index (χ3n) is 7.46. The molecule has 7 rings (SSSR count). The van der Waals surface area contributed by atoms with E-state index in [-0.39, 0.29) is 34.5 Å². The Hall–Kier alpha value is -4.84. The summed E-state index contributed by atoms with van der Waals surface area (Å²) < 4.78 is 22.7. The van der Waals surface area contributed by atoms with Gasteiger partial charge >= 0.3 is 0 Å². The van der Waals surface area contributed by atoms with Crippen LogP contribution in [-0.4, -0.2) is 65.5 Å². The molecule has 0 saturated carbocycles. The number of hydrogen-bond donors (Lipinski definition) is 1. The van der Waals surface area contributed by atoms with Gasteiger partial charge in [0, 0.05) is 43.5 Å². The molecule has 2 bridgehead atoms. The molecule has 2 fully saturated rings. The number of carbonyl (C=O) groups is 1. The molecule has 2 aliphatic heterocycles. The van der Waals surface area contributed by atoms with Gasteiger partial charge in [0.05, 0.1) is 16.2 Å². The third kappa shape index (κ3) is 4.55.